The van der Waals surface area contributed by atoms with Gasteiger partial charge in [0.15, 0.2) is 0 Å². The molecule has 2 aromatic carbocycles. The van der Waals surface area contributed by atoms with Crippen molar-refractivity contribution in [3.05, 3.63) is 70.5 Å². The van der Waals surface area contributed by atoms with Crippen LogP contribution in [0.3, 0.4) is 0 Å². The van der Waals surface area contributed by atoms with Crippen molar-refractivity contribution in [3.8, 4) is 0 Å². The number of ether oxygens (including phenoxy) is 1. The highest BCUT2D eigenvalue weighted by molar-refractivity contribution is 6.31. The largest absolute Gasteiger partial charge is 0.431 e. The summed E-state index contributed by atoms with van der Waals surface area (Å²) in [5, 5.41) is 2.61. The van der Waals surface area contributed by atoms with Gasteiger partial charge in [-0.05, 0) is 42.0 Å². The Bertz CT molecular complexity index is 1100. The number of nitrogens with zero attached hydrogens (tertiary/aromatic N) is 1. The number of methoxy groups -OCH3 is 1. The van der Waals surface area contributed by atoms with E-state index < -0.39 is 28.7 Å². The summed E-state index contributed by atoms with van der Waals surface area (Å²) in [7, 11) is 0.843. The first-order chi connectivity index (χ1) is 16.5. The third-order valence-electron chi connectivity index (χ3n) is 7.33. The molecule has 2 amide bonds. The van der Waals surface area contributed by atoms with Gasteiger partial charge in [0.25, 0.3) is 11.5 Å². The second kappa shape index (κ2) is 9.43. The number of carbonyl (C=O) groups excluding carboxylic acids is 2. The predicted molar refractivity (Wildman–Crippen MR) is 121 cm³/mol. The quantitative estimate of drug-likeness (QED) is 0.599. The number of benzene rings is 2. The highest BCUT2D eigenvalue weighted by Gasteiger charge is 2.65. The van der Waals surface area contributed by atoms with Crippen molar-refractivity contribution in [1.82, 2.24) is 10.2 Å². The lowest BCUT2D eigenvalue weighted by Gasteiger charge is -2.50. The normalized spacial score (nSPS) is 21.9. The molecule has 1 spiro atoms. The molecule has 2 aromatic rings. The van der Waals surface area contributed by atoms with E-state index in [1.807, 2.05) is 0 Å². The van der Waals surface area contributed by atoms with Gasteiger partial charge in [0, 0.05) is 49.7 Å². The molecule has 0 radical (unpaired) electrons. The lowest BCUT2D eigenvalue weighted by atomic mass is 9.62. The van der Waals surface area contributed by atoms with Crippen LogP contribution in [-0.4, -0.2) is 49.6 Å². The van der Waals surface area contributed by atoms with Crippen LogP contribution in [0, 0.1) is 11.2 Å². The van der Waals surface area contributed by atoms with Gasteiger partial charge in [-0.15, -0.1) is 0 Å². The number of nitrogens with one attached hydrogen (secondary N) is 1. The summed E-state index contributed by atoms with van der Waals surface area (Å²) < 4.78 is 61.8. The molecule has 188 valence electrons. The zero-order valence-corrected chi connectivity index (χ0v) is 19.8. The number of halogens is 5. The lowest BCUT2D eigenvalue weighted by molar-refractivity contribution is -0.271. The van der Waals surface area contributed by atoms with E-state index in [2.05, 4.69) is 5.32 Å². The molecule has 10 heteroatoms. The summed E-state index contributed by atoms with van der Waals surface area (Å²) in [5.41, 5.74) is -3.45. The van der Waals surface area contributed by atoms with Crippen LogP contribution in [0.4, 0.5) is 17.6 Å². The molecule has 4 rings (SSSR count). The van der Waals surface area contributed by atoms with Gasteiger partial charge in [0.05, 0.1) is 0 Å². The Balaban J connectivity index is 1.64. The average molecular weight is 513 g/mol. The molecule has 0 saturated carbocycles. The van der Waals surface area contributed by atoms with Crippen molar-refractivity contribution in [2.24, 2.45) is 5.41 Å². The SMILES string of the molecule is CO[C@@](C(=O)N1CCC2(CC1)CC(=O)NC[C@H]2c1ccc(F)cc1)(c1ccccc1Cl)C(F)(F)F. The van der Waals surface area contributed by atoms with Gasteiger partial charge in [-0.3, -0.25) is 9.59 Å². The third-order valence-corrected chi connectivity index (χ3v) is 7.66. The number of carbonyl (C=O) groups is 2. The Hall–Kier alpha value is -2.65. The molecule has 2 aliphatic rings. The van der Waals surface area contributed by atoms with Crippen molar-refractivity contribution >= 4 is 23.4 Å². The maximum atomic E-state index is 14.4. The van der Waals surface area contributed by atoms with Gasteiger partial charge >= 0.3 is 6.18 Å². The van der Waals surface area contributed by atoms with E-state index in [-0.39, 0.29) is 42.2 Å². The number of hydrogen-bond acceptors (Lipinski definition) is 3. The van der Waals surface area contributed by atoms with Gasteiger partial charge in [-0.25, -0.2) is 4.39 Å². The monoisotopic (exact) mass is 512 g/mol. The Labute approximate surface area is 205 Å². The molecule has 2 aliphatic heterocycles. The van der Waals surface area contributed by atoms with Crippen LogP contribution in [0.5, 0.6) is 0 Å². The molecule has 2 atom stereocenters. The van der Waals surface area contributed by atoms with E-state index in [1.165, 1.54) is 30.3 Å². The summed E-state index contributed by atoms with van der Waals surface area (Å²) >= 11 is 6.09. The van der Waals surface area contributed by atoms with E-state index in [0.29, 0.717) is 19.4 Å². The fraction of sp³-hybridized carbons (Fsp3) is 0.440. The fourth-order valence-electron chi connectivity index (χ4n) is 5.46. The molecule has 0 bridgehead atoms. The van der Waals surface area contributed by atoms with Crippen LogP contribution in [0.1, 0.15) is 36.3 Å². The number of alkyl halides is 3. The maximum absolute atomic E-state index is 14.4. The smallest absolute Gasteiger partial charge is 0.356 e. The Morgan fingerprint density at radius 2 is 1.74 bits per heavy atom. The van der Waals surface area contributed by atoms with E-state index in [0.717, 1.165) is 23.6 Å². The molecule has 0 aromatic heterocycles. The second-order valence-corrected chi connectivity index (χ2v) is 9.51. The molecule has 0 unspecified atom stereocenters. The van der Waals surface area contributed by atoms with Crippen LogP contribution in [0.2, 0.25) is 5.02 Å². The van der Waals surface area contributed by atoms with Gasteiger partial charge < -0.3 is 15.0 Å². The first kappa shape index (κ1) is 25.4. The first-order valence-electron chi connectivity index (χ1n) is 11.2. The van der Waals surface area contributed by atoms with Gasteiger partial charge in [-0.1, -0.05) is 41.9 Å². The Morgan fingerprint density at radius 1 is 1.11 bits per heavy atom. The number of rotatable bonds is 4. The molecule has 2 heterocycles. The number of likely N-dealkylation sites (tertiary alicyclic amines) is 1. The highest BCUT2D eigenvalue weighted by Crippen LogP contribution is 2.51. The van der Waals surface area contributed by atoms with Crippen molar-refractivity contribution in [2.45, 2.75) is 37.0 Å². The molecule has 5 nitrogen and oxygen atoms in total. The van der Waals surface area contributed by atoms with Crippen LogP contribution >= 0.6 is 11.6 Å². The maximum Gasteiger partial charge on any atom is 0.431 e. The molecule has 2 fully saturated rings. The second-order valence-electron chi connectivity index (χ2n) is 9.10. The van der Waals surface area contributed by atoms with Gasteiger partial charge in [0.1, 0.15) is 5.82 Å². The third kappa shape index (κ3) is 4.40. The lowest BCUT2D eigenvalue weighted by Crippen LogP contribution is -2.60. The summed E-state index contributed by atoms with van der Waals surface area (Å²) in [5.74, 6) is -1.93. The minimum atomic E-state index is -5.07. The van der Waals surface area contributed by atoms with E-state index in [9.17, 15) is 27.2 Å². The molecular weight excluding hydrogens is 488 g/mol. The van der Waals surface area contributed by atoms with Crippen molar-refractivity contribution in [2.75, 3.05) is 26.7 Å². The predicted octanol–water partition coefficient (Wildman–Crippen LogP) is 4.80. The Morgan fingerprint density at radius 3 is 2.31 bits per heavy atom. The van der Waals surface area contributed by atoms with Crippen LogP contribution in [0.25, 0.3) is 0 Å². The highest BCUT2D eigenvalue weighted by atomic mass is 35.5. The summed E-state index contributed by atoms with van der Waals surface area (Å²) in [4.78, 5) is 26.9. The topological polar surface area (TPSA) is 58.6 Å². The molecule has 2 saturated heterocycles. The zero-order valence-electron chi connectivity index (χ0n) is 19.0. The van der Waals surface area contributed by atoms with Gasteiger partial charge in [-0.2, -0.15) is 13.2 Å². The number of piperidine rings is 2. The van der Waals surface area contributed by atoms with Crippen molar-refractivity contribution in [3.63, 3.8) is 0 Å². The minimum absolute atomic E-state index is 0.00938. The van der Waals surface area contributed by atoms with E-state index in [4.69, 9.17) is 16.3 Å². The van der Waals surface area contributed by atoms with Crippen LogP contribution in [-0.2, 0) is 19.9 Å². The average Bonchev–Trinajstić information content (AvgIpc) is 2.81. The van der Waals surface area contributed by atoms with Crippen molar-refractivity contribution < 1.29 is 31.9 Å². The molecule has 1 N–H and O–H groups in total. The van der Waals surface area contributed by atoms with Crippen LogP contribution in [0.15, 0.2) is 48.5 Å². The summed E-state index contributed by atoms with van der Waals surface area (Å²) in [6, 6.07) is 11.3. The Kier molecular flexibility index (Phi) is 6.85. The van der Waals surface area contributed by atoms with Crippen molar-refractivity contribution in [1.29, 1.82) is 0 Å². The zero-order chi connectivity index (χ0) is 25.4. The standard InChI is InChI=1S/C25H25ClF4N2O3/c1-35-24(25(28,29)30,18-4-2-3-5-20(18)26)22(34)32-12-10-23(11-13-32)14-21(33)31-15-19(23)16-6-8-17(27)9-7-16/h2-9,19H,10-15H2,1H3,(H,31,33)/t19-,24+/m0/s1. The van der Waals surface area contributed by atoms with E-state index >= 15 is 0 Å². The molecule has 35 heavy (non-hydrogen) atoms. The first-order valence-corrected chi connectivity index (χ1v) is 11.6. The van der Waals surface area contributed by atoms with E-state index in [1.54, 1.807) is 12.1 Å². The molecule has 0 aliphatic carbocycles. The number of amides is 2. The minimum Gasteiger partial charge on any atom is -0.356 e. The van der Waals surface area contributed by atoms with Gasteiger partial charge in [0.2, 0.25) is 5.91 Å². The van der Waals surface area contributed by atoms with Crippen LogP contribution < -0.4 is 5.32 Å². The molecular formula is C25H25ClF4N2O3. The summed E-state index contributed by atoms with van der Waals surface area (Å²) in [6.45, 7) is 0.355. The fourth-order valence-corrected chi connectivity index (χ4v) is 5.73. The summed E-state index contributed by atoms with van der Waals surface area (Å²) in [6.07, 6.45) is -4.26. The number of hydrogen-bond donors (Lipinski definition) is 1.